The van der Waals surface area contributed by atoms with Gasteiger partial charge in [-0.3, -0.25) is 0 Å². The highest BCUT2D eigenvalue weighted by Gasteiger charge is 2.27. The van der Waals surface area contributed by atoms with Crippen LogP contribution < -0.4 is 10.6 Å². The topological polar surface area (TPSA) is 49.5 Å². The third kappa shape index (κ3) is 2.85. The number of phenolic OH excluding ortho intramolecular Hbond substituents is 1. The van der Waals surface area contributed by atoms with Gasteiger partial charge >= 0.3 is 0 Å². The Balaban J connectivity index is 1.86. The molecule has 3 rings (SSSR count). The van der Waals surface area contributed by atoms with E-state index in [0.29, 0.717) is 19.0 Å². The van der Waals surface area contributed by atoms with Crippen LogP contribution in [0.5, 0.6) is 5.75 Å². The van der Waals surface area contributed by atoms with Crippen molar-refractivity contribution >= 4 is 5.69 Å². The van der Waals surface area contributed by atoms with Crippen LogP contribution in [0.2, 0.25) is 0 Å². The number of rotatable bonds is 4. The fourth-order valence-electron chi connectivity index (χ4n) is 3.13. The van der Waals surface area contributed by atoms with Crippen LogP contribution in [0, 0.1) is 5.82 Å². The summed E-state index contributed by atoms with van der Waals surface area (Å²) in [7, 11) is 0. The molecular formula is C17H19FN2O. The van der Waals surface area contributed by atoms with Gasteiger partial charge in [-0.2, -0.15) is 0 Å². The van der Waals surface area contributed by atoms with Crippen LogP contribution in [-0.2, 0) is 6.54 Å². The second kappa shape index (κ2) is 5.74. The highest BCUT2D eigenvalue weighted by molar-refractivity contribution is 5.60. The van der Waals surface area contributed by atoms with Crippen LogP contribution in [0.4, 0.5) is 10.1 Å². The Kier molecular flexibility index (Phi) is 3.80. The molecule has 0 aliphatic carbocycles. The first-order valence-corrected chi connectivity index (χ1v) is 7.20. The summed E-state index contributed by atoms with van der Waals surface area (Å²) in [6, 6.07) is 12.5. The maximum Gasteiger partial charge on any atom is 0.127 e. The molecular weight excluding hydrogens is 267 g/mol. The second-order valence-corrected chi connectivity index (χ2v) is 5.53. The standard InChI is InChI=1S/C17H19FN2O/c18-14-7-12(8-15(21)9-14)10-20-11-13(5-6-19)16-3-1-2-4-17(16)20/h1-4,7-9,13,21H,5-6,10-11,19H2. The Morgan fingerprint density at radius 3 is 2.81 bits per heavy atom. The molecule has 0 spiro atoms. The van der Waals surface area contributed by atoms with E-state index < -0.39 is 5.82 Å². The molecule has 4 heteroatoms. The molecule has 1 aliphatic heterocycles. The van der Waals surface area contributed by atoms with Gasteiger partial charge in [0.05, 0.1) is 0 Å². The van der Waals surface area contributed by atoms with E-state index in [-0.39, 0.29) is 5.75 Å². The number of hydrogen-bond acceptors (Lipinski definition) is 3. The molecule has 3 N–H and O–H groups in total. The van der Waals surface area contributed by atoms with Gasteiger partial charge in [-0.05, 0) is 42.3 Å². The number of halogens is 1. The van der Waals surface area contributed by atoms with Gasteiger partial charge in [0.15, 0.2) is 0 Å². The number of aromatic hydroxyl groups is 1. The lowest BCUT2D eigenvalue weighted by Gasteiger charge is -2.20. The summed E-state index contributed by atoms with van der Waals surface area (Å²) in [6.07, 6.45) is 0.946. The summed E-state index contributed by atoms with van der Waals surface area (Å²) < 4.78 is 13.4. The van der Waals surface area contributed by atoms with Gasteiger partial charge in [0, 0.05) is 30.8 Å². The molecule has 21 heavy (non-hydrogen) atoms. The zero-order valence-corrected chi connectivity index (χ0v) is 11.8. The number of benzene rings is 2. The van der Waals surface area contributed by atoms with E-state index in [2.05, 4.69) is 17.0 Å². The molecule has 0 amide bonds. The molecule has 0 bridgehead atoms. The Morgan fingerprint density at radius 1 is 1.24 bits per heavy atom. The quantitative estimate of drug-likeness (QED) is 0.908. The maximum absolute atomic E-state index is 13.4. The number of nitrogens with two attached hydrogens (primary N) is 1. The lowest BCUT2D eigenvalue weighted by Crippen LogP contribution is -2.22. The van der Waals surface area contributed by atoms with Gasteiger partial charge in [0.1, 0.15) is 11.6 Å². The van der Waals surface area contributed by atoms with Crippen molar-refractivity contribution in [3.63, 3.8) is 0 Å². The van der Waals surface area contributed by atoms with Crippen molar-refractivity contribution in [2.24, 2.45) is 5.73 Å². The molecule has 0 radical (unpaired) electrons. The monoisotopic (exact) mass is 286 g/mol. The van der Waals surface area contributed by atoms with Gasteiger partial charge in [-0.1, -0.05) is 18.2 Å². The van der Waals surface area contributed by atoms with E-state index in [1.54, 1.807) is 6.07 Å². The first-order chi connectivity index (χ1) is 10.2. The Labute approximate surface area is 123 Å². The molecule has 0 aromatic heterocycles. The van der Waals surface area contributed by atoms with E-state index in [1.807, 2.05) is 12.1 Å². The van der Waals surface area contributed by atoms with Gasteiger partial charge in [-0.25, -0.2) is 4.39 Å². The average molecular weight is 286 g/mol. The summed E-state index contributed by atoms with van der Waals surface area (Å²) in [4.78, 5) is 2.23. The second-order valence-electron chi connectivity index (χ2n) is 5.53. The Hall–Kier alpha value is -2.07. The minimum absolute atomic E-state index is 0.0315. The molecule has 1 unspecified atom stereocenters. The van der Waals surface area contributed by atoms with Crippen molar-refractivity contribution in [1.29, 1.82) is 0 Å². The van der Waals surface area contributed by atoms with Crippen molar-refractivity contribution < 1.29 is 9.50 Å². The Bertz CT molecular complexity index is 624. The predicted octanol–water partition coefficient (Wildman–Crippen LogP) is 2.98. The minimum atomic E-state index is -0.406. The average Bonchev–Trinajstić information content (AvgIpc) is 2.77. The molecule has 0 saturated carbocycles. The van der Waals surface area contributed by atoms with Crippen LogP contribution in [0.3, 0.4) is 0 Å². The maximum atomic E-state index is 13.4. The molecule has 110 valence electrons. The highest BCUT2D eigenvalue weighted by Crippen LogP contribution is 2.38. The van der Waals surface area contributed by atoms with Crippen LogP contribution in [0.25, 0.3) is 0 Å². The summed E-state index contributed by atoms with van der Waals surface area (Å²) in [5.41, 5.74) is 8.96. The van der Waals surface area contributed by atoms with Gasteiger partial charge < -0.3 is 15.7 Å². The zero-order valence-electron chi connectivity index (χ0n) is 11.8. The lowest BCUT2D eigenvalue weighted by atomic mass is 9.98. The summed E-state index contributed by atoms with van der Waals surface area (Å²) in [5.74, 6) is -0.0136. The first kappa shape index (κ1) is 13.9. The van der Waals surface area contributed by atoms with Crippen LogP contribution in [0.15, 0.2) is 42.5 Å². The van der Waals surface area contributed by atoms with Crippen molar-refractivity contribution in [3.8, 4) is 5.75 Å². The molecule has 3 nitrogen and oxygen atoms in total. The lowest BCUT2D eigenvalue weighted by molar-refractivity contribution is 0.468. The molecule has 2 aromatic rings. The summed E-state index contributed by atoms with van der Waals surface area (Å²) in [5, 5.41) is 9.52. The van der Waals surface area contributed by atoms with Crippen LogP contribution in [0.1, 0.15) is 23.5 Å². The normalized spacial score (nSPS) is 17.0. The number of anilines is 1. The SMILES string of the molecule is NCCC1CN(Cc2cc(O)cc(F)c2)c2ccccc21. The highest BCUT2D eigenvalue weighted by atomic mass is 19.1. The number of phenols is 1. The van der Waals surface area contributed by atoms with Crippen LogP contribution >= 0.6 is 0 Å². The number of nitrogens with zero attached hydrogens (tertiary/aromatic N) is 1. The van der Waals surface area contributed by atoms with E-state index in [9.17, 15) is 9.50 Å². The van der Waals surface area contributed by atoms with Crippen molar-refractivity contribution in [3.05, 3.63) is 59.4 Å². The van der Waals surface area contributed by atoms with Crippen molar-refractivity contribution in [2.75, 3.05) is 18.0 Å². The van der Waals surface area contributed by atoms with Crippen molar-refractivity contribution in [2.45, 2.75) is 18.9 Å². The van der Waals surface area contributed by atoms with Crippen molar-refractivity contribution in [1.82, 2.24) is 0 Å². The first-order valence-electron chi connectivity index (χ1n) is 7.20. The summed E-state index contributed by atoms with van der Waals surface area (Å²) >= 11 is 0. The molecule has 0 fully saturated rings. The largest absolute Gasteiger partial charge is 0.508 e. The van der Waals surface area contributed by atoms with Crippen LogP contribution in [-0.4, -0.2) is 18.2 Å². The number of fused-ring (bicyclic) bond motifs is 1. The molecule has 0 saturated heterocycles. The van der Waals surface area contributed by atoms with E-state index in [4.69, 9.17) is 5.73 Å². The zero-order chi connectivity index (χ0) is 14.8. The summed E-state index contributed by atoms with van der Waals surface area (Å²) in [6.45, 7) is 2.13. The molecule has 1 atom stereocenters. The smallest absolute Gasteiger partial charge is 0.127 e. The predicted molar refractivity (Wildman–Crippen MR) is 82.0 cm³/mol. The van der Waals surface area contributed by atoms with Gasteiger partial charge in [-0.15, -0.1) is 0 Å². The number of hydrogen-bond donors (Lipinski definition) is 2. The van der Waals surface area contributed by atoms with E-state index in [0.717, 1.165) is 24.6 Å². The minimum Gasteiger partial charge on any atom is -0.508 e. The van der Waals surface area contributed by atoms with E-state index in [1.165, 1.54) is 17.3 Å². The van der Waals surface area contributed by atoms with E-state index >= 15 is 0 Å². The molecule has 2 aromatic carbocycles. The van der Waals surface area contributed by atoms with Gasteiger partial charge in [0.25, 0.3) is 0 Å². The molecule has 1 heterocycles. The third-order valence-electron chi connectivity index (χ3n) is 3.99. The fraction of sp³-hybridized carbons (Fsp3) is 0.294. The van der Waals surface area contributed by atoms with Gasteiger partial charge in [0.2, 0.25) is 0 Å². The third-order valence-corrected chi connectivity index (χ3v) is 3.99. The molecule has 1 aliphatic rings. The fourth-order valence-corrected chi connectivity index (χ4v) is 3.13. The Morgan fingerprint density at radius 2 is 2.05 bits per heavy atom. The number of para-hydroxylation sites is 1.